The second kappa shape index (κ2) is 4.85. The van der Waals surface area contributed by atoms with Crippen LogP contribution in [0, 0.1) is 0 Å². The van der Waals surface area contributed by atoms with Crippen LogP contribution in [0.4, 0.5) is 0 Å². The number of nitrogens with two attached hydrogens (primary N) is 1. The zero-order valence-corrected chi connectivity index (χ0v) is 10.8. The Morgan fingerprint density at radius 3 is 2.95 bits per heavy atom. The Hall–Kier alpha value is -2.14. The van der Waals surface area contributed by atoms with E-state index in [2.05, 4.69) is 39.0 Å². The molecule has 0 spiro atoms. The van der Waals surface area contributed by atoms with E-state index in [0.717, 1.165) is 17.5 Å². The highest BCUT2D eigenvalue weighted by atomic mass is 16.5. The fourth-order valence-corrected chi connectivity index (χ4v) is 2.14. The van der Waals surface area contributed by atoms with Gasteiger partial charge in [0.15, 0.2) is 5.82 Å². The van der Waals surface area contributed by atoms with Gasteiger partial charge in [-0.15, -0.1) is 0 Å². The molecule has 1 aromatic carbocycles. The summed E-state index contributed by atoms with van der Waals surface area (Å²) >= 11 is 0. The average Bonchev–Trinajstić information content (AvgIpc) is 3.06. The summed E-state index contributed by atoms with van der Waals surface area (Å²) in [6, 6.07) is 8.32. The molecule has 3 aromatic rings. The second-order valence-corrected chi connectivity index (χ2v) is 4.50. The minimum Gasteiger partial charge on any atom is -0.340 e. The zero-order valence-electron chi connectivity index (χ0n) is 10.8. The topological polar surface area (TPSA) is 69.9 Å². The predicted octanol–water partition coefficient (Wildman–Crippen LogP) is 2.09. The standard InChI is InChI=1S/C14H16N4O/c1-2-14-16-13(17-19-14)9-18-6-5-11-4-3-10(8-15)7-12(11)18/h3-7H,2,8-9,15H2,1H3. The Morgan fingerprint density at radius 2 is 2.21 bits per heavy atom. The molecule has 0 radical (unpaired) electrons. The molecule has 5 heteroatoms. The van der Waals surface area contributed by atoms with Gasteiger partial charge in [0, 0.05) is 24.7 Å². The summed E-state index contributed by atoms with van der Waals surface area (Å²) in [4.78, 5) is 4.33. The average molecular weight is 256 g/mol. The molecule has 2 aromatic heterocycles. The largest absolute Gasteiger partial charge is 0.340 e. The van der Waals surface area contributed by atoms with Crippen LogP contribution in [0.3, 0.4) is 0 Å². The minimum atomic E-state index is 0.545. The number of hydrogen-bond acceptors (Lipinski definition) is 4. The number of fused-ring (bicyclic) bond motifs is 1. The van der Waals surface area contributed by atoms with Crippen LogP contribution in [-0.2, 0) is 19.5 Å². The van der Waals surface area contributed by atoms with Gasteiger partial charge in [-0.25, -0.2) is 0 Å². The summed E-state index contributed by atoms with van der Waals surface area (Å²) in [5, 5.41) is 5.17. The molecule has 0 aliphatic carbocycles. The molecule has 0 saturated heterocycles. The lowest BCUT2D eigenvalue weighted by Crippen LogP contribution is -2.01. The van der Waals surface area contributed by atoms with Gasteiger partial charge in [0.25, 0.3) is 0 Å². The van der Waals surface area contributed by atoms with Crippen molar-refractivity contribution in [3.05, 3.63) is 47.7 Å². The maximum absolute atomic E-state index is 5.68. The number of benzene rings is 1. The molecule has 19 heavy (non-hydrogen) atoms. The molecule has 0 aliphatic heterocycles. The number of aromatic nitrogens is 3. The van der Waals surface area contributed by atoms with Crippen molar-refractivity contribution in [1.29, 1.82) is 0 Å². The van der Waals surface area contributed by atoms with Crippen LogP contribution in [0.5, 0.6) is 0 Å². The molecular formula is C14H16N4O. The third kappa shape index (κ3) is 2.24. The van der Waals surface area contributed by atoms with E-state index in [9.17, 15) is 0 Å². The fourth-order valence-electron chi connectivity index (χ4n) is 2.14. The summed E-state index contributed by atoms with van der Waals surface area (Å²) in [5.41, 5.74) is 7.95. The van der Waals surface area contributed by atoms with Crippen molar-refractivity contribution in [2.75, 3.05) is 0 Å². The lowest BCUT2D eigenvalue weighted by atomic mass is 10.1. The van der Waals surface area contributed by atoms with Crippen LogP contribution >= 0.6 is 0 Å². The number of aryl methyl sites for hydroxylation is 1. The van der Waals surface area contributed by atoms with Crippen molar-refractivity contribution in [3.8, 4) is 0 Å². The van der Waals surface area contributed by atoms with Crippen LogP contribution in [0.1, 0.15) is 24.2 Å². The predicted molar refractivity (Wildman–Crippen MR) is 72.6 cm³/mol. The van der Waals surface area contributed by atoms with E-state index >= 15 is 0 Å². The molecule has 0 saturated carbocycles. The fraction of sp³-hybridized carbons (Fsp3) is 0.286. The van der Waals surface area contributed by atoms with Crippen molar-refractivity contribution in [2.45, 2.75) is 26.4 Å². The van der Waals surface area contributed by atoms with Gasteiger partial charge in [-0.1, -0.05) is 24.2 Å². The highest BCUT2D eigenvalue weighted by molar-refractivity contribution is 5.80. The Bertz CT molecular complexity index is 698. The van der Waals surface area contributed by atoms with E-state index in [-0.39, 0.29) is 0 Å². The van der Waals surface area contributed by atoms with E-state index in [1.807, 2.05) is 13.1 Å². The molecule has 0 amide bonds. The summed E-state index contributed by atoms with van der Waals surface area (Å²) in [6.07, 6.45) is 2.80. The van der Waals surface area contributed by atoms with Crippen LogP contribution < -0.4 is 5.73 Å². The first-order chi connectivity index (χ1) is 9.30. The molecule has 0 aliphatic rings. The van der Waals surface area contributed by atoms with Crippen LogP contribution in [0.15, 0.2) is 35.0 Å². The van der Waals surface area contributed by atoms with Gasteiger partial charge in [-0.3, -0.25) is 0 Å². The summed E-state index contributed by atoms with van der Waals surface area (Å²) in [5.74, 6) is 1.38. The molecule has 2 heterocycles. The normalized spacial score (nSPS) is 11.3. The van der Waals surface area contributed by atoms with Gasteiger partial charge in [-0.2, -0.15) is 4.98 Å². The van der Waals surface area contributed by atoms with Crippen LogP contribution in [-0.4, -0.2) is 14.7 Å². The minimum absolute atomic E-state index is 0.545. The first kappa shape index (κ1) is 11.9. The van der Waals surface area contributed by atoms with Gasteiger partial charge in [0.1, 0.15) is 0 Å². The molecule has 0 atom stereocenters. The lowest BCUT2D eigenvalue weighted by Gasteiger charge is -2.03. The molecule has 0 fully saturated rings. The highest BCUT2D eigenvalue weighted by Gasteiger charge is 2.07. The Balaban J connectivity index is 1.95. The molecule has 3 rings (SSSR count). The summed E-state index contributed by atoms with van der Waals surface area (Å²) < 4.78 is 7.23. The molecule has 0 bridgehead atoms. The third-order valence-electron chi connectivity index (χ3n) is 3.20. The molecule has 0 unspecified atom stereocenters. The molecular weight excluding hydrogens is 240 g/mol. The van der Waals surface area contributed by atoms with Crippen molar-refractivity contribution in [3.63, 3.8) is 0 Å². The van der Waals surface area contributed by atoms with Crippen molar-refractivity contribution >= 4 is 10.9 Å². The van der Waals surface area contributed by atoms with Crippen molar-refractivity contribution in [1.82, 2.24) is 14.7 Å². The SMILES string of the molecule is CCc1nc(Cn2ccc3ccc(CN)cc32)no1. The van der Waals surface area contributed by atoms with Crippen molar-refractivity contribution < 1.29 is 4.52 Å². The molecule has 2 N–H and O–H groups in total. The first-order valence-corrected chi connectivity index (χ1v) is 6.39. The number of rotatable bonds is 4. The van der Waals surface area contributed by atoms with E-state index in [1.165, 1.54) is 5.39 Å². The van der Waals surface area contributed by atoms with E-state index < -0.39 is 0 Å². The van der Waals surface area contributed by atoms with E-state index in [1.54, 1.807) is 0 Å². The maximum Gasteiger partial charge on any atom is 0.226 e. The van der Waals surface area contributed by atoms with Gasteiger partial charge >= 0.3 is 0 Å². The van der Waals surface area contributed by atoms with Gasteiger partial charge in [0.05, 0.1) is 6.54 Å². The lowest BCUT2D eigenvalue weighted by molar-refractivity contribution is 0.375. The second-order valence-electron chi connectivity index (χ2n) is 4.50. The summed E-state index contributed by atoms with van der Waals surface area (Å²) in [6.45, 7) is 3.15. The Morgan fingerprint density at radius 1 is 1.32 bits per heavy atom. The van der Waals surface area contributed by atoms with E-state index in [4.69, 9.17) is 10.3 Å². The zero-order chi connectivity index (χ0) is 13.2. The summed E-state index contributed by atoms with van der Waals surface area (Å²) in [7, 11) is 0. The Kier molecular flexibility index (Phi) is 3.05. The van der Waals surface area contributed by atoms with Crippen LogP contribution in [0.2, 0.25) is 0 Å². The Labute approximate surface area is 111 Å². The maximum atomic E-state index is 5.68. The monoisotopic (exact) mass is 256 g/mol. The van der Waals surface area contributed by atoms with Gasteiger partial charge in [0.2, 0.25) is 5.89 Å². The third-order valence-corrected chi connectivity index (χ3v) is 3.20. The smallest absolute Gasteiger partial charge is 0.226 e. The molecule has 98 valence electrons. The highest BCUT2D eigenvalue weighted by Crippen LogP contribution is 2.18. The number of nitrogens with zero attached hydrogens (tertiary/aromatic N) is 3. The quantitative estimate of drug-likeness (QED) is 0.776. The van der Waals surface area contributed by atoms with E-state index in [0.29, 0.717) is 24.8 Å². The van der Waals surface area contributed by atoms with Crippen LogP contribution in [0.25, 0.3) is 10.9 Å². The first-order valence-electron chi connectivity index (χ1n) is 6.39. The number of hydrogen-bond donors (Lipinski definition) is 1. The van der Waals surface area contributed by atoms with Gasteiger partial charge in [-0.05, 0) is 23.1 Å². The molecule has 5 nitrogen and oxygen atoms in total. The van der Waals surface area contributed by atoms with Gasteiger partial charge < -0.3 is 14.8 Å². The van der Waals surface area contributed by atoms with Crippen molar-refractivity contribution in [2.24, 2.45) is 5.73 Å².